The fourth-order valence-electron chi connectivity index (χ4n) is 2.02. The summed E-state index contributed by atoms with van der Waals surface area (Å²) in [6.07, 6.45) is 2.14. The molecule has 0 aliphatic carbocycles. The number of allylic oxidation sites excluding steroid dienone is 1. The van der Waals surface area contributed by atoms with E-state index >= 15 is 0 Å². The van der Waals surface area contributed by atoms with Gasteiger partial charge in [0, 0.05) is 23.2 Å². The van der Waals surface area contributed by atoms with Gasteiger partial charge in [0.25, 0.3) is 0 Å². The number of nitro groups is 1. The maximum absolute atomic E-state index is 10.9. The average Bonchev–Trinajstić information content (AvgIpc) is 2.97. The first kappa shape index (κ1) is 17.4. The number of nitrogens with zero attached hydrogens (tertiary/aromatic N) is 3. The van der Waals surface area contributed by atoms with Gasteiger partial charge in [-0.15, -0.1) is 11.3 Å². The minimum atomic E-state index is -0.788. The largest absolute Gasteiger partial charge is 0.411 e. The number of para-hydroxylation sites is 1. The van der Waals surface area contributed by atoms with Crippen molar-refractivity contribution in [2.24, 2.45) is 5.16 Å². The van der Waals surface area contributed by atoms with E-state index in [9.17, 15) is 10.1 Å². The molecule has 1 unspecified atom stereocenters. The Morgan fingerprint density at radius 1 is 1.57 bits per heavy atom. The number of rotatable bonds is 7. The molecular formula is C15H17N3O3S2. The summed E-state index contributed by atoms with van der Waals surface area (Å²) in [5.74, 6) is 0.407. The topological polar surface area (TPSA) is 88.6 Å². The minimum absolute atomic E-state index is 0.342. The van der Waals surface area contributed by atoms with E-state index in [0.717, 1.165) is 14.6 Å². The molecule has 23 heavy (non-hydrogen) atoms. The fraction of sp³-hybridized carbons (Fsp3) is 0.333. The fourth-order valence-corrected chi connectivity index (χ4v) is 3.97. The van der Waals surface area contributed by atoms with Crippen LogP contribution in [0.1, 0.15) is 20.3 Å². The third-order valence-corrected chi connectivity index (χ3v) is 5.57. The summed E-state index contributed by atoms with van der Waals surface area (Å²) < 4.78 is 1.98. The number of benzene rings is 1. The Bertz CT molecular complexity index is 722. The van der Waals surface area contributed by atoms with Crippen molar-refractivity contribution in [3.8, 4) is 0 Å². The molecule has 0 saturated carbocycles. The van der Waals surface area contributed by atoms with Crippen molar-refractivity contribution in [1.82, 2.24) is 4.98 Å². The van der Waals surface area contributed by atoms with Gasteiger partial charge < -0.3 is 5.21 Å². The second-order valence-electron chi connectivity index (χ2n) is 4.86. The Morgan fingerprint density at radius 2 is 2.30 bits per heavy atom. The Hall–Kier alpha value is -1.93. The SMILES string of the molecule is CCC(=CC(CSc1nc2ccccc2s1)=NO)C(C)[N+](=O)[O-]. The summed E-state index contributed by atoms with van der Waals surface area (Å²) in [5, 5.41) is 23.3. The van der Waals surface area contributed by atoms with Crippen LogP contribution in [0.5, 0.6) is 0 Å². The average molecular weight is 351 g/mol. The van der Waals surface area contributed by atoms with Crippen molar-refractivity contribution in [2.45, 2.75) is 30.6 Å². The highest BCUT2D eigenvalue weighted by atomic mass is 32.2. The van der Waals surface area contributed by atoms with Crippen LogP contribution in [0.15, 0.2) is 45.4 Å². The molecule has 1 atom stereocenters. The van der Waals surface area contributed by atoms with Crippen molar-refractivity contribution in [3.63, 3.8) is 0 Å². The lowest BCUT2D eigenvalue weighted by Gasteiger charge is -2.07. The summed E-state index contributed by atoms with van der Waals surface area (Å²) >= 11 is 3.03. The zero-order chi connectivity index (χ0) is 16.8. The molecule has 0 bridgehead atoms. The number of oxime groups is 1. The molecule has 1 aromatic carbocycles. The molecule has 6 nitrogen and oxygen atoms in total. The highest BCUT2D eigenvalue weighted by Crippen LogP contribution is 2.29. The van der Waals surface area contributed by atoms with E-state index < -0.39 is 6.04 Å². The van der Waals surface area contributed by atoms with E-state index in [-0.39, 0.29) is 4.92 Å². The molecule has 0 aliphatic heterocycles. The van der Waals surface area contributed by atoms with E-state index in [0.29, 0.717) is 23.5 Å². The van der Waals surface area contributed by atoms with Crippen molar-refractivity contribution in [1.29, 1.82) is 0 Å². The van der Waals surface area contributed by atoms with Gasteiger partial charge in [-0.2, -0.15) is 0 Å². The second-order valence-corrected chi connectivity index (χ2v) is 7.11. The molecule has 0 saturated heterocycles. The smallest absolute Gasteiger partial charge is 0.231 e. The molecule has 0 fully saturated rings. The Morgan fingerprint density at radius 3 is 2.91 bits per heavy atom. The molecule has 122 valence electrons. The standard InChI is InChI=1S/C15H17N3O3S2/c1-3-11(10(2)18(20)21)8-12(17-19)9-22-15-16-13-6-4-5-7-14(13)23-15/h4-8,10,19H,3,9H2,1-2H3. The van der Waals surface area contributed by atoms with Crippen LogP contribution in [-0.2, 0) is 0 Å². The van der Waals surface area contributed by atoms with E-state index in [1.807, 2.05) is 31.2 Å². The maximum Gasteiger partial charge on any atom is 0.231 e. The van der Waals surface area contributed by atoms with Crippen LogP contribution in [0.25, 0.3) is 10.2 Å². The highest BCUT2D eigenvalue weighted by Gasteiger charge is 2.18. The van der Waals surface area contributed by atoms with Gasteiger partial charge in [0.05, 0.1) is 15.9 Å². The molecule has 2 aromatic rings. The third kappa shape index (κ3) is 4.52. The van der Waals surface area contributed by atoms with Gasteiger partial charge in [0.2, 0.25) is 6.04 Å². The predicted octanol–water partition coefficient (Wildman–Crippen LogP) is 4.22. The molecule has 0 aliphatic rings. The number of thiazole rings is 1. The van der Waals surface area contributed by atoms with Crippen molar-refractivity contribution >= 4 is 39.0 Å². The monoisotopic (exact) mass is 351 g/mol. The highest BCUT2D eigenvalue weighted by molar-refractivity contribution is 8.01. The van der Waals surface area contributed by atoms with Crippen LogP contribution in [0.4, 0.5) is 0 Å². The van der Waals surface area contributed by atoms with Crippen LogP contribution >= 0.6 is 23.1 Å². The van der Waals surface area contributed by atoms with Gasteiger partial charge in [0.1, 0.15) is 0 Å². The molecule has 1 N–H and O–H groups in total. The molecule has 8 heteroatoms. The normalized spacial score (nSPS) is 14.2. The van der Waals surface area contributed by atoms with Gasteiger partial charge in [-0.1, -0.05) is 36.0 Å². The molecule has 2 rings (SSSR count). The Labute approximate surface area is 142 Å². The predicted molar refractivity (Wildman–Crippen MR) is 94.4 cm³/mol. The summed E-state index contributed by atoms with van der Waals surface area (Å²) in [6.45, 7) is 3.38. The van der Waals surface area contributed by atoms with Crippen LogP contribution in [0.2, 0.25) is 0 Å². The van der Waals surface area contributed by atoms with E-state index in [1.54, 1.807) is 17.4 Å². The maximum atomic E-state index is 10.9. The zero-order valence-corrected chi connectivity index (χ0v) is 14.4. The van der Waals surface area contributed by atoms with E-state index in [4.69, 9.17) is 5.21 Å². The van der Waals surface area contributed by atoms with Crippen molar-refractivity contribution in [3.05, 3.63) is 46.0 Å². The number of aromatic nitrogens is 1. The number of thioether (sulfide) groups is 1. The third-order valence-electron chi connectivity index (χ3n) is 3.36. The van der Waals surface area contributed by atoms with E-state index in [1.165, 1.54) is 18.7 Å². The van der Waals surface area contributed by atoms with Crippen molar-refractivity contribution < 1.29 is 10.1 Å². The van der Waals surface area contributed by atoms with E-state index in [2.05, 4.69) is 10.1 Å². The summed E-state index contributed by atoms with van der Waals surface area (Å²) in [4.78, 5) is 15.1. The number of fused-ring (bicyclic) bond motifs is 1. The molecule has 1 aromatic heterocycles. The minimum Gasteiger partial charge on any atom is -0.411 e. The molecular weight excluding hydrogens is 334 g/mol. The van der Waals surface area contributed by atoms with Crippen LogP contribution in [-0.4, -0.2) is 32.6 Å². The van der Waals surface area contributed by atoms with Gasteiger partial charge in [-0.25, -0.2) is 4.98 Å². The Kier molecular flexibility index (Phi) is 6.12. The number of hydrogen-bond acceptors (Lipinski definition) is 7. The molecule has 0 amide bonds. The summed E-state index contributed by atoms with van der Waals surface area (Å²) in [5.41, 5.74) is 1.97. The summed E-state index contributed by atoms with van der Waals surface area (Å²) in [7, 11) is 0. The molecule has 1 heterocycles. The zero-order valence-electron chi connectivity index (χ0n) is 12.8. The lowest BCUT2D eigenvalue weighted by Crippen LogP contribution is -2.18. The molecule has 0 spiro atoms. The first-order valence-electron chi connectivity index (χ1n) is 7.08. The van der Waals surface area contributed by atoms with Gasteiger partial charge in [0.15, 0.2) is 4.34 Å². The first-order valence-corrected chi connectivity index (χ1v) is 8.88. The number of hydrogen-bond donors (Lipinski definition) is 1. The Balaban J connectivity index is 2.08. The quantitative estimate of drug-likeness (QED) is 0.265. The van der Waals surface area contributed by atoms with Crippen molar-refractivity contribution in [2.75, 3.05) is 5.75 Å². The lowest BCUT2D eigenvalue weighted by atomic mass is 10.1. The first-order chi connectivity index (χ1) is 11.0. The van der Waals surface area contributed by atoms with Gasteiger partial charge in [-0.05, 0) is 24.6 Å². The second kappa shape index (κ2) is 8.07. The van der Waals surface area contributed by atoms with Gasteiger partial charge >= 0.3 is 0 Å². The van der Waals surface area contributed by atoms with Crippen LogP contribution in [0.3, 0.4) is 0 Å². The lowest BCUT2D eigenvalue weighted by molar-refractivity contribution is -0.507. The summed E-state index contributed by atoms with van der Waals surface area (Å²) in [6, 6.07) is 7.07. The molecule has 0 radical (unpaired) electrons. The van der Waals surface area contributed by atoms with Gasteiger partial charge in [-0.3, -0.25) is 10.1 Å². The van der Waals surface area contributed by atoms with Crippen LogP contribution < -0.4 is 0 Å². The van der Waals surface area contributed by atoms with Crippen LogP contribution in [0, 0.1) is 10.1 Å².